The highest BCUT2D eigenvalue weighted by Gasteiger charge is 2.72. The lowest BCUT2D eigenvalue weighted by atomic mass is 9.83. The first-order valence-electron chi connectivity index (χ1n) is 46.1. The second-order valence-electron chi connectivity index (χ2n) is 40.5. The third-order valence-corrected chi connectivity index (χ3v) is 29.1. The molecule has 30 nitrogen and oxygen atoms in total. The lowest BCUT2D eigenvalue weighted by molar-refractivity contribution is -0.143. The van der Waals surface area contributed by atoms with Crippen LogP contribution in [-0.4, -0.2) is 194 Å². The number of ether oxygens (including phenoxy) is 1. The lowest BCUT2D eigenvalue weighted by Crippen LogP contribution is -2.60. The molecule has 14 N–H and O–H groups in total. The fraction of sp³-hybridized carbons (Fsp3) is 0.833. The standard InChI is InChI=1S/2C31H51N5O5.C28H46N4O6/c2*1-30(2)20-19-36-24(23(20)30)27(39)33-21(25(37)26(32)38)15-11-8-6-4-5-7-9-12-16-22(28(36)40)34-29(41)35-31(3)17-13-10-14-18-31;1-27(2,3)38-26(37)31-19-15-13-11-9-7-6-8-10-12-14-18(22(33)23(29)34)30-24(35)21-20-17(28(20,4)5)16-32(21)25(19)36/h2*20-24H,4-19H2,1-3H3,(H2,32,38)(H,33,39)(H2,34,35,41);17-21H,6-16H2,1-5H3,(H2,29,34)(H,30,35)(H,31,37)/t2*20-,21-,22-,23-,24-;17-,18-,19-,20-,21-/m000/s1. The van der Waals surface area contributed by atoms with Gasteiger partial charge in [-0.05, 0) is 151 Å². The third kappa shape index (κ3) is 25.2. The first-order valence-corrected chi connectivity index (χ1v) is 46.1. The molecule has 11 aliphatic rings. The number of rotatable bonds is 11. The number of nitrogens with zero attached hydrogens (tertiary/aromatic N) is 3. The summed E-state index contributed by atoms with van der Waals surface area (Å²) in [6, 6.07) is -8.28. The van der Waals surface area contributed by atoms with Crippen LogP contribution >= 0.6 is 0 Å². The van der Waals surface area contributed by atoms with Gasteiger partial charge in [-0.1, -0.05) is 234 Å². The number of amides is 14. The summed E-state index contributed by atoms with van der Waals surface area (Å²) in [4.78, 5) is 200. The maximum absolute atomic E-state index is 14.1. The summed E-state index contributed by atoms with van der Waals surface area (Å²) in [6.45, 7) is 23.2. The highest BCUT2D eigenvalue weighted by molar-refractivity contribution is 6.39. The summed E-state index contributed by atoms with van der Waals surface area (Å²) in [6.07, 6.45) is 34.8. The van der Waals surface area contributed by atoms with Crippen LogP contribution in [0.5, 0.6) is 0 Å². The Kier molecular flexibility index (Phi) is 33.5. The molecule has 674 valence electrons. The fourth-order valence-corrected chi connectivity index (χ4v) is 21.5. The SMILES string of the molecule is CC(C)(C)OC(=O)N[C@H]1CCCCCCCCCC[C@@H](C(=O)C(N)=O)NC(=O)[C@@H]2[C@@H]3[C@H](CN2C1=O)C3(C)C.CC1(NC(=O)N[C@H]2CCCCCCCCCC[C@@H](C(=O)C(N)=O)NC(=O)[C@@H]3[C@@H]4[C@H](CN3C2=O)C4(C)C)CCCCC1.CC1(NC(=O)N[C@H]2CCCCCCCCCC[C@@H](C(=O)C(N)=O)NC(=O)[C@@H]3[C@@H]4[C@H](CN3C2=O)C4(C)C)CCCCC1. The molecular formula is C90H148N14O16. The number of hydrogen-bond acceptors (Lipinski definition) is 16. The van der Waals surface area contributed by atoms with Crippen molar-refractivity contribution in [3.8, 4) is 0 Å². The maximum atomic E-state index is 14.1. The van der Waals surface area contributed by atoms with Crippen molar-refractivity contribution in [3.05, 3.63) is 0 Å². The van der Waals surface area contributed by atoms with E-state index in [2.05, 4.69) is 97.9 Å². The van der Waals surface area contributed by atoms with Crippen molar-refractivity contribution in [1.29, 1.82) is 0 Å². The van der Waals surface area contributed by atoms with Crippen molar-refractivity contribution in [1.82, 2.24) is 57.2 Å². The molecule has 0 aromatic rings. The quantitative estimate of drug-likeness (QED) is 0.0858. The summed E-state index contributed by atoms with van der Waals surface area (Å²) in [7, 11) is 0. The number of urea groups is 2. The molecule has 30 heteroatoms. The number of Topliss-reactive ketones (excluding diaryl/α,β-unsaturated/α-hetero) is 3. The van der Waals surface area contributed by atoms with Crippen molar-refractivity contribution in [2.24, 2.45) is 69.0 Å². The minimum absolute atomic E-state index is 0.0477. The van der Waals surface area contributed by atoms with Crippen molar-refractivity contribution >= 4 is 88.7 Å². The highest BCUT2D eigenvalue weighted by Crippen LogP contribution is 2.67. The van der Waals surface area contributed by atoms with Crippen LogP contribution in [0.4, 0.5) is 14.4 Å². The molecule has 120 heavy (non-hydrogen) atoms. The second kappa shape index (κ2) is 42.0. The zero-order chi connectivity index (χ0) is 87.8. The predicted molar refractivity (Wildman–Crippen MR) is 453 cm³/mol. The number of fused-ring (bicyclic) bond motifs is 9. The molecule has 0 radical (unpaired) electrons. The van der Waals surface area contributed by atoms with Crippen molar-refractivity contribution in [2.45, 2.75) is 404 Å². The Labute approximate surface area is 711 Å². The topological polar surface area (TPSA) is 449 Å². The zero-order valence-electron chi connectivity index (χ0n) is 74.2. The number of carbonyl (C=O) groups is 15. The molecule has 6 saturated heterocycles. The summed E-state index contributed by atoms with van der Waals surface area (Å²) >= 11 is 0. The lowest BCUT2D eigenvalue weighted by Gasteiger charge is -2.36. The number of nitrogens with one attached hydrogen (secondary N) is 8. The van der Waals surface area contributed by atoms with Gasteiger partial charge in [-0.15, -0.1) is 0 Å². The number of ketones is 3. The zero-order valence-corrected chi connectivity index (χ0v) is 74.2. The summed E-state index contributed by atoms with van der Waals surface area (Å²) in [5, 5.41) is 23.4. The van der Waals surface area contributed by atoms with E-state index < -0.39 is 119 Å². The maximum Gasteiger partial charge on any atom is 0.408 e. The van der Waals surface area contributed by atoms with E-state index in [9.17, 15) is 71.9 Å². The van der Waals surface area contributed by atoms with E-state index in [-0.39, 0.29) is 92.6 Å². The largest absolute Gasteiger partial charge is 0.444 e. The number of nitrogens with two attached hydrogens (primary N) is 3. The van der Waals surface area contributed by atoms with Gasteiger partial charge in [0.2, 0.25) is 52.8 Å². The number of primary amides is 3. The fourth-order valence-electron chi connectivity index (χ4n) is 21.5. The Balaban J connectivity index is 0.000000205. The van der Waals surface area contributed by atoms with Gasteiger partial charge < -0.3 is 79.2 Å². The van der Waals surface area contributed by atoms with Crippen LogP contribution in [0, 0.1) is 51.8 Å². The van der Waals surface area contributed by atoms with E-state index in [4.69, 9.17) is 21.9 Å². The van der Waals surface area contributed by atoms with Crippen LogP contribution in [-0.2, 0) is 62.3 Å². The third-order valence-electron chi connectivity index (χ3n) is 29.1. The van der Waals surface area contributed by atoms with Crippen molar-refractivity contribution < 1.29 is 76.7 Å². The van der Waals surface area contributed by atoms with Gasteiger partial charge in [0.05, 0.1) is 18.1 Å². The van der Waals surface area contributed by atoms with E-state index in [1.165, 1.54) is 12.8 Å². The molecule has 0 aromatic carbocycles. The Bertz CT molecular complexity index is 3520. The number of hydrogen-bond donors (Lipinski definition) is 11. The molecule has 6 aliphatic heterocycles. The van der Waals surface area contributed by atoms with E-state index in [1.54, 1.807) is 35.5 Å². The molecule has 0 aromatic heterocycles. The van der Waals surface area contributed by atoms with Crippen LogP contribution in [0.25, 0.3) is 0 Å². The minimum atomic E-state index is -1.08. The second-order valence-corrected chi connectivity index (χ2v) is 40.5. The van der Waals surface area contributed by atoms with Gasteiger partial charge in [-0.2, -0.15) is 0 Å². The van der Waals surface area contributed by atoms with Crippen molar-refractivity contribution in [2.75, 3.05) is 19.6 Å². The van der Waals surface area contributed by atoms with Crippen LogP contribution < -0.4 is 59.7 Å². The van der Waals surface area contributed by atoms with Gasteiger partial charge in [-0.25, -0.2) is 14.4 Å². The van der Waals surface area contributed by atoms with Crippen LogP contribution in [0.2, 0.25) is 0 Å². The van der Waals surface area contributed by atoms with E-state index in [0.29, 0.717) is 77.4 Å². The first kappa shape index (κ1) is 95.9. The Hall–Kier alpha value is -7.95. The van der Waals surface area contributed by atoms with Crippen LogP contribution in [0.3, 0.4) is 0 Å². The molecule has 14 amide bonds. The number of carbonyl (C=O) groups excluding carboxylic acids is 15. The Morgan fingerprint density at radius 1 is 0.342 bits per heavy atom. The molecule has 5 aliphatic carbocycles. The molecule has 0 bridgehead atoms. The number of piperidine rings is 3. The average molecular weight is 1680 g/mol. The van der Waals surface area contributed by atoms with Crippen molar-refractivity contribution in [3.63, 3.8) is 0 Å². The monoisotopic (exact) mass is 1680 g/mol. The molecular weight excluding hydrogens is 1530 g/mol. The smallest absolute Gasteiger partial charge is 0.408 e. The van der Waals surface area contributed by atoms with Gasteiger partial charge in [-0.3, -0.25) is 57.5 Å². The Morgan fingerprint density at radius 2 is 0.567 bits per heavy atom. The summed E-state index contributed by atoms with van der Waals surface area (Å²) < 4.78 is 5.42. The van der Waals surface area contributed by atoms with Crippen LogP contribution in [0.1, 0.15) is 333 Å². The summed E-state index contributed by atoms with van der Waals surface area (Å²) in [5.41, 5.74) is 14.3. The normalized spacial score (nSPS) is 31.9. The predicted octanol–water partition coefficient (Wildman–Crippen LogP) is 9.44. The average Bonchev–Trinajstić information content (AvgIpc) is 1.54. The van der Waals surface area contributed by atoms with Gasteiger partial charge in [0.1, 0.15) is 41.9 Å². The molecule has 0 spiro atoms. The Morgan fingerprint density at radius 3 is 0.808 bits per heavy atom. The highest BCUT2D eigenvalue weighted by atomic mass is 16.6. The molecule has 15 atom stereocenters. The van der Waals surface area contributed by atoms with E-state index in [0.717, 1.165) is 186 Å². The molecule has 5 saturated carbocycles. The minimum Gasteiger partial charge on any atom is -0.444 e. The molecule has 6 heterocycles. The van der Waals surface area contributed by atoms with E-state index >= 15 is 0 Å². The van der Waals surface area contributed by atoms with Gasteiger partial charge >= 0.3 is 18.2 Å². The molecule has 11 rings (SSSR count). The molecule has 11 fully saturated rings. The van der Waals surface area contributed by atoms with Crippen LogP contribution in [0.15, 0.2) is 0 Å². The van der Waals surface area contributed by atoms with E-state index in [1.807, 2.05) is 0 Å². The first-order chi connectivity index (χ1) is 56.6. The van der Waals surface area contributed by atoms with Gasteiger partial charge in [0, 0.05) is 30.7 Å². The number of alkyl carbamates (subject to hydrolysis) is 1. The summed E-state index contributed by atoms with van der Waals surface area (Å²) in [5.74, 6) is -7.43. The van der Waals surface area contributed by atoms with Gasteiger partial charge in [0.25, 0.3) is 17.7 Å². The molecule has 0 unspecified atom stereocenters. The van der Waals surface area contributed by atoms with Gasteiger partial charge in [0.15, 0.2) is 0 Å².